The van der Waals surface area contributed by atoms with E-state index in [-0.39, 0.29) is 11.7 Å². The van der Waals surface area contributed by atoms with Crippen molar-refractivity contribution in [2.75, 3.05) is 38.2 Å². The number of rotatable bonds is 3. The Bertz CT molecular complexity index is 1540. The molecule has 0 N–H and O–H groups in total. The van der Waals surface area contributed by atoms with Crippen molar-refractivity contribution in [1.29, 1.82) is 5.26 Å². The smallest absolute Gasteiger partial charge is 0.298 e. The van der Waals surface area contributed by atoms with Crippen molar-refractivity contribution in [3.63, 3.8) is 0 Å². The number of piperazine rings is 1. The Morgan fingerprint density at radius 3 is 2.58 bits per heavy atom. The molecule has 0 atom stereocenters. The predicted octanol–water partition coefficient (Wildman–Crippen LogP) is 3.12. The van der Waals surface area contributed by atoms with E-state index >= 15 is 4.39 Å². The van der Waals surface area contributed by atoms with Crippen molar-refractivity contribution >= 4 is 17.2 Å². The molecule has 0 radical (unpaired) electrons. The van der Waals surface area contributed by atoms with Crippen LogP contribution in [0.2, 0.25) is 0 Å². The number of nitrogens with zero attached hydrogens (tertiary/aromatic N) is 6. The van der Waals surface area contributed by atoms with Crippen LogP contribution >= 0.6 is 0 Å². The number of pyridine rings is 2. The number of methoxy groups -OCH3 is 1. The van der Waals surface area contributed by atoms with Gasteiger partial charge >= 0.3 is 0 Å². The highest BCUT2D eigenvalue weighted by molar-refractivity contribution is 5.94. The Kier molecular flexibility index (Phi) is 6.21. The van der Waals surface area contributed by atoms with Crippen LogP contribution in [0.1, 0.15) is 11.1 Å². The van der Waals surface area contributed by atoms with Gasteiger partial charge in [-0.2, -0.15) is 10.4 Å². The summed E-state index contributed by atoms with van der Waals surface area (Å²) in [5.74, 6) is 5.55. The van der Waals surface area contributed by atoms with Crippen LogP contribution in [-0.2, 0) is 4.79 Å². The average molecular weight is 481 g/mol. The molecular weight excluding hydrogens is 459 g/mol. The van der Waals surface area contributed by atoms with Gasteiger partial charge in [-0.1, -0.05) is 24.1 Å². The van der Waals surface area contributed by atoms with E-state index in [4.69, 9.17) is 4.74 Å². The number of fused-ring (bicyclic) bond motifs is 1. The van der Waals surface area contributed by atoms with Gasteiger partial charge in [0.15, 0.2) is 11.6 Å². The van der Waals surface area contributed by atoms with E-state index < -0.39 is 5.82 Å². The molecule has 1 aromatic carbocycles. The molecule has 5 rings (SSSR count). The van der Waals surface area contributed by atoms with E-state index in [1.54, 1.807) is 23.4 Å². The van der Waals surface area contributed by atoms with Crippen molar-refractivity contribution in [1.82, 2.24) is 19.5 Å². The maximum absolute atomic E-state index is 15.2. The minimum Gasteiger partial charge on any atom is -0.495 e. The Morgan fingerprint density at radius 1 is 1.11 bits per heavy atom. The highest BCUT2D eigenvalue weighted by Gasteiger charge is 2.24. The summed E-state index contributed by atoms with van der Waals surface area (Å²) in [5.41, 5.74) is 2.79. The molecule has 178 valence electrons. The monoisotopic (exact) mass is 480 g/mol. The van der Waals surface area contributed by atoms with E-state index in [9.17, 15) is 10.1 Å². The quantitative estimate of drug-likeness (QED) is 0.419. The highest BCUT2D eigenvalue weighted by Crippen LogP contribution is 2.32. The number of benzene rings is 1. The summed E-state index contributed by atoms with van der Waals surface area (Å²) in [6.45, 7) is 1.71. The van der Waals surface area contributed by atoms with Gasteiger partial charge in [0, 0.05) is 55.0 Å². The number of carbonyl (C=O) groups is 1. The van der Waals surface area contributed by atoms with Crippen LogP contribution in [0.5, 0.6) is 5.75 Å². The van der Waals surface area contributed by atoms with Gasteiger partial charge in [0.1, 0.15) is 11.8 Å². The van der Waals surface area contributed by atoms with Crippen LogP contribution in [0, 0.1) is 29.0 Å². The van der Waals surface area contributed by atoms with Gasteiger partial charge in [-0.15, -0.1) is 0 Å². The number of nitriles is 1. The molecule has 1 saturated heterocycles. The first kappa shape index (κ1) is 22.9. The molecule has 1 aliphatic rings. The summed E-state index contributed by atoms with van der Waals surface area (Å²) in [4.78, 5) is 20.3. The van der Waals surface area contributed by atoms with Crippen molar-refractivity contribution in [2.45, 2.75) is 0 Å². The fourth-order valence-corrected chi connectivity index (χ4v) is 4.17. The third-order valence-electron chi connectivity index (χ3n) is 6.03. The Morgan fingerprint density at radius 2 is 1.89 bits per heavy atom. The van der Waals surface area contributed by atoms with E-state index in [1.807, 2.05) is 35.2 Å². The highest BCUT2D eigenvalue weighted by atomic mass is 19.1. The van der Waals surface area contributed by atoms with Crippen LogP contribution in [0.25, 0.3) is 16.6 Å². The zero-order chi connectivity index (χ0) is 25.1. The lowest BCUT2D eigenvalue weighted by Gasteiger charge is -2.34. The molecule has 0 unspecified atom stereocenters. The van der Waals surface area contributed by atoms with Crippen molar-refractivity contribution in [2.24, 2.45) is 0 Å². The van der Waals surface area contributed by atoms with Crippen molar-refractivity contribution < 1.29 is 13.9 Å². The van der Waals surface area contributed by atoms with E-state index in [0.29, 0.717) is 54.1 Å². The Labute approximate surface area is 207 Å². The van der Waals surface area contributed by atoms with Gasteiger partial charge in [-0.3, -0.25) is 4.79 Å². The molecule has 9 heteroatoms. The number of ether oxygens (including phenoxy) is 1. The molecule has 0 aliphatic carbocycles. The number of halogens is 1. The summed E-state index contributed by atoms with van der Waals surface area (Å²) in [6.07, 6.45) is 4.69. The molecule has 36 heavy (non-hydrogen) atoms. The molecule has 0 bridgehead atoms. The second-order valence-electron chi connectivity index (χ2n) is 8.18. The van der Waals surface area contributed by atoms with Gasteiger partial charge in [0.25, 0.3) is 5.91 Å². The second-order valence-corrected chi connectivity index (χ2v) is 8.18. The normalized spacial score (nSPS) is 13.1. The summed E-state index contributed by atoms with van der Waals surface area (Å²) in [6, 6.07) is 14.6. The average Bonchev–Trinajstić information content (AvgIpc) is 3.35. The van der Waals surface area contributed by atoms with Gasteiger partial charge < -0.3 is 14.5 Å². The minimum absolute atomic E-state index is 0.217. The molecule has 0 saturated carbocycles. The maximum atomic E-state index is 15.2. The summed E-state index contributed by atoms with van der Waals surface area (Å²) >= 11 is 0. The van der Waals surface area contributed by atoms with Gasteiger partial charge in [-0.25, -0.2) is 13.9 Å². The molecule has 8 nitrogen and oxygen atoms in total. The van der Waals surface area contributed by atoms with Crippen LogP contribution in [-0.4, -0.2) is 58.7 Å². The standard InChI is InChI=1S/C27H21FN6O2/c1-36-22-14-23(26-21(15-29)17-31-34(26)18-22)20-13-24(28)27(30-16-20)33-11-9-32(10-12-33)25(35)8-7-19-5-3-2-4-6-19/h2-6,13-14,16-18H,9-12H2,1H3. The molecule has 0 spiro atoms. The van der Waals surface area contributed by atoms with Gasteiger partial charge in [0.05, 0.1) is 30.6 Å². The Balaban J connectivity index is 1.34. The molecule has 1 amide bonds. The fraction of sp³-hybridized carbons (Fsp3) is 0.185. The zero-order valence-corrected chi connectivity index (χ0v) is 19.5. The lowest BCUT2D eigenvalue weighted by Crippen LogP contribution is -2.49. The van der Waals surface area contributed by atoms with Crippen LogP contribution in [0.15, 0.2) is 61.1 Å². The third kappa shape index (κ3) is 4.42. The molecular formula is C27H21FN6O2. The molecule has 4 aromatic rings. The predicted molar refractivity (Wildman–Crippen MR) is 132 cm³/mol. The van der Waals surface area contributed by atoms with E-state index in [2.05, 4.69) is 28.0 Å². The van der Waals surface area contributed by atoms with Gasteiger partial charge in [0.2, 0.25) is 0 Å². The number of anilines is 1. The van der Waals surface area contributed by atoms with Crippen LogP contribution < -0.4 is 9.64 Å². The lowest BCUT2D eigenvalue weighted by atomic mass is 10.0. The van der Waals surface area contributed by atoms with Crippen molar-refractivity contribution in [3.05, 3.63) is 78.0 Å². The first-order chi connectivity index (χ1) is 17.6. The topological polar surface area (TPSA) is 86.8 Å². The minimum atomic E-state index is -0.491. The largest absolute Gasteiger partial charge is 0.495 e. The SMILES string of the molecule is COc1cc(-c2cnc(N3CCN(C(=O)C#Cc4ccccc4)CC3)c(F)c2)c2c(C#N)cnn2c1. The van der Waals surface area contributed by atoms with E-state index in [0.717, 1.165) is 5.56 Å². The number of amides is 1. The molecule has 1 aliphatic heterocycles. The Hall–Kier alpha value is -4.89. The fourth-order valence-electron chi connectivity index (χ4n) is 4.17. The second kappa shape index (κ2) is 9.77. The van der Waals surface area contributed by atoms with Crippen molar-refractivity contribution in [3.8, 4) is 34.8 Å². The summed E-state index contributed by atoms with van der Waals surface area (Å²) in [7, 11) is 1.53. The number of hydrogen-bond acceptors (Lipinski definition) is 6. The summed E-state index contributed by atoms with van der Waals surface area (Å²) < 4.78 is 22.1. The maximum Gasteiger partial charge on any atom is 0.298 e. The van der Waals surface area contributed by atoms with Crippen LogP contribution in [0.4, 0.5) is 10.2 Å². The molecule has 4 heterocycles. The number of aromatic nitrogens is 3. The van der Waals surface area contributed by atoms with E-state index in [1.165, 1.54) is 23.9 Å². The lowest BCUT2D eigenvalue weighted by molar-refractivity contribution is -0.125. The zero-order valence-electron chi connectivity index (χ0n) is 19.5. The molecule has 3 aromatic heterocycles. The van der Waals surface area contributed by atoms with Gasteiger partial charge in [-0.05, 0) is 24.3 Å². The summed E-state index contributed by atoms with van der Waals surface area (Å²) in [5, 5.41) is 13.7. The van der Waals surface area contributed by atoms with Crippen LogP contribution in [0.3, 0.4) is 0 Å². The number of hydrogen-bond donors (Lipinski definition) is 0. The number of carbonyl (C=O) groups excluding carboxylic acids is 1. The first-order valence-electron chi connectivity index (χ1n) is 11.3. The first-order valence-corrected chi connectivity index (χ1v) is 11.3. The molecule has 1 fully saturated rings. The third-order valence-corrected chi connectivity index (χ3v) is 6.03.